The third-order valence-electron chi connectivity index (χ3n) is 4.12. The summed E-state index contributed by atoms with van der Waals surface area (Å²) in [4.78, 5) is 29.2. The molecule has 3 rings (SSSR count). The van der Waals surface area contributed by atoms with E-state index in [9.17, 15) is 9.59 Å². The zero-order valence-corrected chi connectivity index (χ0v) is 17.3. The topological polar surface area (TPSA) is 85.1 Å². The number of amides is 2. The molecule has 0 saturated heterocycles. The molecule has 1 atom stereocenters. The molecule has 28 heavy (non-hydrogen) atoms. The van der Waals surface area contributed by atoms with Gasteiger partial charge in [0.2, 0.25) is 11.8 Å². The molecule has 3 N–H and O–H groups in total. The molecule has 1 aromatic heterocycles. The summed E-state index contributed by atoms with van der Waals surface area (Å²) in [5, 5.41) is 2.69. The highest BCUT2D eigenvalue weighted by molar-refractivity contribution is 8.02. The van der Waals surface area contributed by atoms with Crippen molar-refractivity contribution in [3.63, 3.8) is 0 Å². The van der Waals surface area contributed by atoms with Crippen molar-refractivity contribution < 1.29 is 9.59 Å². The first-order valence-electron chi connectivity index (χ1n) is 8.80. The number of nitrogens with two attached hydrogens (primary N) is 1. The van der Waals surface area contributed by atoms with Gasteiger partial charge in [-0.15, -0.1) is 11.3 Å². The number of hydrogen-bond donors (Lipinski definition) is 2. The standard InChI is InChI=1S/C21H21N3O2S2/c1-13-18(12-19(22)25)28-21(23-13)27-14(2)20(26)24-17-11-7-6-10-16(17)15-8-4-3-5-9-15/h3-11,14H,12H2,1-2H3,(H2,22,25)(H,24,26). The first-order chi connectivity index (χ1) is 13.4. The molecule has 3 aromatic rings. The fourth-order valence-electron chi connectivity index (χ4n) is 2.67. The molecule has 0 fully saturated rings. The van der Waals surface area contributed by atoms with Crippen molar-refractivity contribution in [1.29, 1.82) is 0 Å². The molecule has 0 aliphatic heterocycles. The maximum atomic E-state index is 12.7. The van der Waals surface area contributed by atoms with Gasteiger partial charge in [0, 0.05) is 16.1 Å². The molecular formula is C21H21N3O2S2. The van der Waals surface area contributed by atoms with Gasteiger partial charge in [-0.3, -0.25) is 9.59 Å². The summed E-state index contributed by atoms with van der Waals surface area (Å²) in [6.07, 6.45) is 0.176. The van der Waals surface area contributed by atoms with Crippen LogP contribution in [0.25, 0.3) is 11.1 Å². The van der Waals surface area contributed by atoms with Crippen LogP contribution in [-0.4, -0.2) is 22.0 Å². The first kappa shape index (κ1) is 20.1. The average Bonchev–Trinajstić information content (AvgIpc) is 3.01. The summed E-state index contributed by atoms with van der Waals surface area (Å²) in [5.74, 6) is -0.482. The highest BCUT2D eigenvalue weighted by atomic mass is 32.2. The number of anilines is 1. The predicted octanol–water partition coefficient (Wildman–Crippen LogP) is 4.27. The van der Waals surface area contributed by atoms with E-state index in [-0.39, 0.29) is 23.5 Å². The van der Waals surface area contributed by atoms with Crippen molar-refractivity contribution in [2.24, 2.45) is 5.73 Å². The van der Waals surface area contributed by atoms with Crippen LogP contribution >= 0.6 is 23.1 Å². The zero-order valence-electron chi connectivity index (χ0n) is 15.6. The number of primary amides is 1. The lowest BCUT2D eigenvalue weighted by molar-refractivity contribution is -0.117. The van der Waals surface area contributed by atoms with Crippen molar-refractivity contribution >= 4 is 40.6 Å². The Morgan fingerprint density at radius 1 is 1.14 bits per heavy atom. The van der Waals surface area contributed by atoms with E-state index in [0.717, 1.165) is 31.7 Å². The van der Waals surface area contributed by atoms with Crippen LogP contribution < -0.4 is 11.1 Å². The van der Waals surface area contributed by atoms with E-state index in [0.29, 0.717) is 0 Å². The molecule has 0 aliphatic carbocycles. The Kier molecular flexibility index (Phi) is 6.49. The van der Waals surface area contributed by atoms with Crippen molar-refractivity contribution in [3.8, 4) is 11.1 Å². The lowest BCUT2D eigenvalue weighted by Gasteiger charge is -2.14. The second kappa shape index (κ2) is 9.03. The quantitative estimate of drug-likeness (QED) is 0.569. The molecule has 0 saturated carbocycles. The highest BCUT2D eigenvalue weighted by Crippen LogP contribution is 2.32. The Hall–Kier alpha value is -2.64. The number of thioether (sulfide) groups is 1. The predicted molar refractivity (Wildman–Crippen MR) is 116 cm³/mol. The number of benzene rings is 2. The monoisotopic (exact) mass is 411 g/mol. The molecule has 144 valence electrons. The van der Waals surface area contributed by atoms with Crippen LogP contribution in [0, 0.1) is 6.92 Å². The summed E-state index contributed by atoms with van der Waals surface area (Å²) in [6.45, 7) is 3.69. The van der Waals surface area contributed by atoms with Crippen LogP contribution in [0.1, 0.15) is 17.5 Å². The third-order valence-corrected chi connectivity index (χ3v) is 6.48. The van der Waals surface area contributed by atoms with Gasteiger partial charge in [0.25, 0.3) is 0 Å². The molecule has 0 bridgehead atoms. The maximum absolute atomic E-state index is 12.7. The number of thiazole rings is 1. The summed E-state index contributed by atoms with van der Waals surface area (Å²) in [7, 11) is 0. The molecule has 5 nitrogen and oxygen atoms in total. The van der Waals surface area contributed by atoms with Gasteiger partial charge in [-0.2, -0.15) is 0 Å². The Balaban J connectivity index is 1.71. The number of carbonyl (C=O) groups is 2. The van der Waals surface area contributed by atoms with Crippen LogP contribution in [0.2, 0.25) is 0 Å². The summed E-state index contributed by atoms with van der Waals surface area (Å²) in [6, 6.07) is 17.7. The summed E-state index contributed by atoms with van der Waals surface area (Å²) >= 11 is 2.79. The molecular weight excluding hydrogens is 390 g/mol. The number of para-hydroxylation sites is 1. The van der Waals surface area contributed by atoms with Crippen molar-refractivity contribution in [1.82, 2.24) is 4.98 Å². The fraction of sp³-hybridized carbons (Fsp3) is 0.190. The van der Waals surface area contributed by atoms with Crippen molar-refractivity contribution in [2.45, 2.75) is 29.9 Å². The molecule has 1 heterocycles. The normalized spacial score (nSPS) is 11.8. The van der Waals surface area contributed by atoms with E-state index in [1.165, 1.54) is 23.1 Å². The average molecular weight is 412 g/mol. The van der Waals surface area contributed by atoms with Crippen LogP contribution in [0.5, 0.6) is 0 Å². The Bertz CT molecular complexity index is 986. The van der Waals surface area contributed by atoms with Crippen LogP contribution in [0.15, 0.2) is 58.9 Å². The fourth-order valence-corrected chi connectivity index (χ4v) is 5.06. The SMILES string of the molecule is Cc1nc(SC(C)C(=O)Nc2ccccc2-c2ccccc2)sc1CC(N)=O. The van der Waals surface area contributed by atoms with Crippen LogP contribution in [0.4, 0.5) is 5.69 Å². The minimum absolute atomic E-state index is 0.0994. The van der Waals surface area contributed by atoms with Crippen molar-refractivity contribution in [2.75, 3.05) is 5.32 Å². The second-order valence-corrected chi connectivity index (χ2v) is 8.96. The van der Waals surface area contributed by atoms with Crippen LogP contribution in [-0.2, 0) is 16.0 Å². The van der Waals surface area contributed by atoms with Gasteiger partial charge >= 0.3 is 0 Å². The third kappa shape index (κ3) is 4.99. The molecule has 0 spiro atoms. The lowest BCUT2D eigenvalue weighted by Crippen LogP contribution is -2.22. The molecule has 0 aliphatic rings. The summed E-state index contributed by atoms with van der Waals surface area (Å²) < 4.78 is 0.757. The smallest absolute Gasteiger partial charge is 0.237 e. The number of aromatic nitrogens is 1. The van der Waals surface area contributed by atoms with Gasteiger partial charge in [0.05, 0.1) is 17.4 Å². The maximum Gasteiger partial charge on any atom is 0.237 e. The molecule has 2 amide bonds. The molecule has 1 unspecified atom stereocenters. The minimum Gasteiger partial charge on any atom is -0.369 e. The van der Waals surface area contributed by atoms with E-state index in [1.54, 1.807) is 0 Å². The zero-order chi connectivity index (χ0) is 20.1. The largest absolute Gasteiger partial charge is 0.369 e. The van der Waals surface area contributed by atoms with Gasteiger partial charge in [-0.05, 0) is 25.5 Å². The number of aryl methyl sites for hydroxylation is 1. The molecule has 0 radical (unpaired) electrons. The van der Waals surface area contributed by atoms with Gasteiger partial charge in [-0.1, -0.05) is 60.3 Å². The Labute approximate surface area is 172 Å². The van der Waals surface area contributed by atoms with Crippen molar-refractivity contribution in [3.05, 3.63) is 65.2 Å². The van der Waals surface area contributed by atoms with Crippen LogP contribution in [0.3, 0.4) is 0 Å². The number of carbonyl (C=O) groups excluding carboxylic acids is 2. The second-order valence-electron chi connectivity index (χ2n) is 6.29. The number of rotatable bonds is 7. The van der Waals surface area contributed by atoms with Gasteiger partial charge in [0.15, 0.2) is 4.34 Å². The Morgan fingerprint density at radius 3 is 2.54 bits per heavy atom. The molecule has 7 heteroatoms. The number of nitrogens with one attached hydrogen (secondary N) is 1. The highest BCUT2D eigenvalue weighted by Gasteiger charge is 2.19. The number of nitrogens with zero attached hydrogens (tertiary/aromatic N) is 1. The first-order valence-corrected chi connectivity index (χ1v) is 10.5. The van der Waals surface area contributed by atoms with Gasteiger partial charge in [0.1, 0.15) is 0 Å². The Morgan fingerprint density at radius 2 is 1.82 bits per heavy atom. The van der Waals surface area contributed by atoms with E-state index in [1.807, 2.05) is 68.4 Å². The minimum atomic E-state index is -0.383. The number of hydrogen-bond acceptors (Lipinski definition) is 5. The lowest BCUT2D eigenvalue weighted by atomic mass is 10.0. The molecule has 2 aromatic carbocycles. The summed E-state index contributed by atoms with van der Waals surface area (Å²) in [5.41, 5.74) is 8.85. The van der Waals surface area contributed by atoms with Gasteiger partial charge in [-0.25, -0.2) is 4.98 Å². The van der Waals surface area contributed by atoms with E-state index >= 15 is 0 Å². The van der Waals surface area contributed by atoms with E-state index in [2.05, 4.69) is 10.3 Å². The van der Waals surface area contributed by atoms with E-state index in [4.69, 9.17) is 5.73 Å². The van der Waals surface area contributed by atoms with Gasteiger partial charge < -0.3 is 11.1 Å². The van der Waals surface area contributed by atoms with E-state index < -0.39 is 0 Å².